The number of hydroxylamine groups is 1. The molecule has 3 nitrogen and oxygen atoms in total. The summed E-state index contributed by atoms with van der Waals surface area (Å²) >= 11 is 0. The molecule has 0 fully saturated rings. The first-order valence-corrected chi connectivity index (χ1v) is 8.39. The second kappa shape index (κ2) is 10.8. The van der Waals surface area contributed by atoms with E-state index in [1.807, 2.05) is 37.3 Å². The molecule has 0 spiro atoms. The van der Waals surface area contributed by atoms with E-state index in [0.717, 1.165) is 6.42 Å². The Bertz CT molecular complexity index is 690. The van der Waals surface area contributed by atoms with Gasteiger partial charge >= 0.3 is 0 Å². The molecule has 0 radical (unpaired) electrons. The lowest BCUT2D eigenvalue weighted by molar-refractivity contribution is 0.0315. The molecule has 1 N–H and O–H groups in total. The van der Waals surface area contributed by atoms with Gasteiger partial charge in [-0.25, -0.2) is 5.48 Å². The minimum atomic E-state index is -0.200. The highest BCUT2D eigenvalue weighted by atomic mass is 16.6. The first kappa shape index (κ1) is 18.4. The molecule has 0 saturated carbocycles. The van der Waals surface area contributed by atoms with Gasteiger partial charge in [-0.15, -0.1) is 0 Å². The number of nitrogens with one attached hydrogen (secondary N) is 1. The van der Waals surface area contributed by atoms with E-state index in [0.29, 0.717) is 12.2 Å². The molecule has 0 atom stereocenters. The molecule has 128 valence electrons. The summed E-state index contributed by atoms with van der Waals surface area (Å²) < 4.78 is 0. The van der Waals surface area contributed by atoms with Gasteiger partial charge in [0.25, 0.3) is 5.91 Å². The van der Waals surface area contributed by atoms with Crippen molar-refractivity contribution in [3.8, 4) is 11.1 Å². The molecule has 3 rings (SSSR count). The van der Waals surface area contributed by atoms with Crippen LogP contribution in [0.3, 0.4) is 0 Å². The normalized spacial score (nSPS) is 9.64. The first-order chi connectivity index (χ1) is 12.3. The fourth-order valence-corrected chi connectivity index (χ4v) is 2.13. The van der Waals surface area contributed by atoms with Gasteiger partial charge in [0.2, 0.25) is 0 Å². The molecule has 0 aliphatic heterocycles. The van der Waals surface area contributed by atoms with Gasteiger partial charge < -0.3 is 0 Å². The maximum Gasteiger partial charge on any atom is 0.274 e. The van der Waals surface area contributed by atoms with Crippen molar-refractivity contribution >= 4 is 5.91 Å². The Morgan fingerprint density at radius 1 is 0.760 bits per heavy atom. The highest BCUT2D eigenvalue weighted by molar-refractivity contribution is 5.93. The molecule has 0 aromatic heterocycles. The first-order valence-electron chi connectivity index (χ1n) is 8.39. The summed E-state index contributed by atoms with van der Waals surface area (Å²) in [7, 11) is 0. The molecule has 3 aromatic rings. The van der Waals surface area contributed by atoms with Crippen LogP contribution in [0.5, 0.6) is 0 Å². The van der Waals surface area contributed by atoms with Crippen molar-refractivity contribution in [3.63, 3.8) is 0 Å². The van der Waals surface area contributed by atoms with E-state index < -0.39 is 0 Å². The standard InChI is InChI=1S/C12H10.C10H13NO2/c1-3-7-11(8-4-1)12-9-5-2-6-10-12;1-2-8-13-11-10(12)9-6-4-3-5-7-9/h1-10H;3-7H,2,8H2,1H3,(H,11,12). The lowest BCUT2D eigenvalue weighted by Crippen LogP contribution is -2.23. The van der Waals surface area contributed by atoms with Crippen molar-refractivity contribution in [2.24, 2.45) is 0 Å². The van der Waals surface area contributed by atoms with E-state index in [2.05, 4.69) is 54.0 Å². The van der Waals surface area contributed by atoms with Crippen LogP contribution < -0.4 is 5.48 Å². The topological polar surface area (TPSA) is 38.3 Å². The van der Waals surface area contributed by atoms with Crippen LogP contribution in [0.15, 0.2) is 91.0 Å². The zero-order valence-electron chi connectivity index (χ0n) is 14.4. The molecule has 1 amide bonds. The van der Waals surface area contributed by atoms with Gasteiger partial charge in [-0.1, -0.05) is 85.8 Å². The summed E-state index contributed by atoms with van der Waals surface area (Å²) in [6, 6.07) is 29.8. The minimum Gasteiger partial charge on any atom is -0.273 e. The van der Waals surface area contributed by atoms with E-state index in [4.69, 9.17) is 4.84 Å². The maximum atomic E-state index is 11.3. The average Bonchev–Trinajstić information content (AvgIpc) is 2.71. The van der Waals surface area contributed by atoms with E-state index in [1.165, 1.54) is 11.1 Å². The zero-order chi connectivity index (χ0) is 17.7. The lowest BCUT2D eigenvalue weighted by atomic mass is 10.1. The van der Waals surface area contributed by atoms with Gasteiger partial charge in [0.1, 0.15) is 0 Å². The van der Waals surface area contributed by atoms with Crippen LogP contribution in [0, 0.1) is 0 Å². The molecular weight excluding hydrogens is 310 g/mol. The Morgan fingerprint density at radius 2 is 1.20 bits per heavy atom. The van der Waals surface area contributed by atoms with Crippen LogP contribution in [0.1, 0.15) is 23.7 Å². The SMILES string of the molecule is CCCONC(=O)c1ccccc1.c1ccc(-c2ccccc2)cc1. The summed E-state index contributed by atoms with van der Waals surface area (Å²) in [5, 5.41) is 0. The highest BCUT2D eigenvalue weighted by Gasteiger charge is 2.02. The molecule has 3 heteroatoms. The number of amides is 1. The summed E-state index contributed by atoms with van der Waals surface area (Å²) in [6.07, 6.45) is 0.884. The predicted octanol–water partition coefficient (Wildman–Crippen LogP) is 5.11. The molecule has 3 aromatic carbocycles. The highest BCUT2D eigenvalue weighted by Crippen LogP contribution is 2.17. The summed E-state index contributed by atoms with van der Waals surface area (Å²) in [4.78, 5) is 16.2. The van der Waals surface area contributed by atoms with Gasteiger partial charge in [-0.2, -0.15) is 0 Å². The Labute approximate surface area is 149 Å². The second-order valence-electron chi connectivity index (χ2n) is 5.38. The lowest BCUT2D eigenvalue weighted by Gasteiger charge is -2.03. The Morgan fingerprint density at radius 3 is 1.64 bits per heavy atom. The average molecular weight is 333 g/mol. The van der Waals surface area contributed by atoms with Crippen LogP contribution in [0.25, 0.3) is 11.1 Å². The molecule has 0 aliphatic rings. The molecule has 0 aliphatic carbocycles. The van der Waals surface area contributed by atoms with Gasteiger partial charge in [0, 0.05) is 5.56 Å². The zero-order valence-corrected chi connectivity index (χ0v) is 14.4. The van der Waals surface area contributed by atoms with Gasteiger partial charge in [-0.3, -0.25) is 9.63 Å². The Kier molecular flexibility index (Phi) is 7.95. The van der Waals surface area contributed by atoms with E-state index in [9.17, 15) is 4.79 Å². The van der Waals surface area contributed by atoms with Crippen molar-refractivity contribution in [2.45, 2.75) is 13.3 Å². The third-order valence-corrected chi connectivity index (χ3v) is 3.39. The number of rotatable bonds is 5. The number of benzene rings is 3. The Balaban J connectivity index is 0.000000181. The van der Waals surface area contributed by atoms with Crippen LogP contribution in [0.4, 0.5) is 0 Å². The summed E-state index contributed by atoms with van der Waals surface area (Å²) in [5.41, 5.74) is 5.52. The number of carbonyl (C=O) groups excluding carboxylic acids is 1. The fourth-order valence-electron chi connectivity index (χ4n) is 2.13. The van der Waals surface area contributed by atoms with Crippen LogP contribution in [0.2, 0.25) is 0 Å². The summed E-state index contributed by atoms with van der Waals surface area (Å²) in [5.74, 6) is -0.200. The second-order valence-corrected chi connectivity index (χ2v) is 5.38. The maximum absolute atomic E-state index is 11.3. The quantitative estimate of drug-likeness (QED) is 0.520. The van der Waals surface area contributed by atoms with Crippen LogP contribution in [-0.4, -0.2) is 12.5 Å². The third-order valence-electron chi connectivity index (χ3n) is 3.39. The monoisotopic (exact) mass is 333 g/mol. The summed E-state index contributed by atoms with van der Waals surface area (Å²) in [6.45, 7) is 2.52. The van der Waals surface area contributed by atoms with Crippen molar-refractivity contribution in [1.82, 2.24) is 5.48 Å². The molecule has 0 heterocycles. The third kappa shape index (κ3) is 6.61. The fraction of sp³-hybridized carbons (Fsp3) is 0.136. The van der Waals surface area contributed by atoms with E-state index in [-0.39, 0.29) is 5.91 Å². The molecule has 0 unspecified atom stereocenters. The molecule has 0 bridgehead atoms. The van der Waals surface area contributed by atoms with E-state index in [1.54, 1.807) is 12.1 Å². The van der Waals surface area contributed by atoms with Crippen molar-refractivity contribution in [1.29, 1.82) is 0 Å². The van der Waals surface area contributed by atoms with Crippen molar-refractivity contribution in [2.75, 3.05) is 6.61 Å². The smallest absolute Gasteiger partial charge is 0.273 e. The molecule has 0 saturated heterocycles. The van der Waals surface area contributed by atoms with E-state index >= 15 is 0 Å². The van der Waals surface area contributed by atoms with Gasteiger partial charge in [-0.05, 0) is 29.7 Å². The largest absolute Gasteiger partial charge is 0.274 e. The predicted molar refractivity (Wildman–Crippen MR) is 102 cm³/mol. The number of hydrogen-bond donors (Lipinski definition) is 1. The Hall–Kier alpha value is -2.91. The van der Waals surface area contributed by atoms with Crippen molar-refractivity contribution < 1.29 is 9.63 Å². The minimum absolute atomic E-state index is 0.200. The number of hydrogen-bond acceptors (Lipinski definition) is 2. The van der Waals surface area contributed by atoms with Crippen LogP contribution in [-0.2, 0) is 4.84 Å². The van der Waals surface area contributed by atoms with Crippen LogP contribution >= 0.6 is 0 Å². The van der Waals surface area contributed by atoms with Gasteiger partial charge in [0.15, 0.2) is 0 Å². The number of carbonyl (C=O) groups is 1. The molecular formula is C22H23NO2. The van der Waals surface area contributed by atoms with Gasteiger partial charge in [0.05, 0.1) is 6.61 Å². The molecule has 25 heavy (non-hydrogen) atoms. The van der Waals surface area contributed by atoms with Crippen molar-refractivity contribution in [3.05, 3.63) is 96.6 Å².